The van der Waals surface area contributed by atoms with Crippen molar-refractivity contribution in [2.45, 2.75) is 0 Å². The maximum atomic E-state index is 9.89. The van der Waals surface area contributed by atoms with E-state index in [1.807, 2.05) is 0 Å². The topological polar surface area (TPSA) is 277 Å². The molecule has 0 amide bonds. The van der Waals surface area contributed by atoms with Crippen LogP contribution in [0.3, 0.4) is 0 Å². The smallest absolute Gasteiger partial charge is 0.867 e. The first-order valence-corrected chi connectivity index (χ1v) is 4.14. The second-order valence-electron chi connectivity index (χ2n) is 1.65. The summed E-state index contributed by atoms with van der Waals surface area (Å²) in [5.41, 5.74) is 0. The molecule has 144 valence electrons. The van der Waals surface area contributed by atoms with Gasteiger partial charge in [-0.15, -0.1) is 0 Å². The van der Waals surface area contributed by atoms with Crippen molar-refractivity contribution in [2.24, 2.45) is 0 Å². The average Bonchev–Trinajstić information content (AvgIpc) is 2.08. The molecule has 0 spiro atoms. The van der Waals surface area contributed by atoms with Crippen molar-refractivity contribution in [3.63, 3.8) is 0 Å². The number of hydrogen-bond donors (Lipinski definition) is 0. The molecule has 0 fully saturated rings. The summed E-state index contributed by atoms with van der Waals surface area (Å²) >= 11 is 0. The van der Waals surface area contributed by atoms with Crippen LogP contribution in [0.5, 0.6) is 0 Å². The molecule has 0 aliphatic rings. The zero-order chi connectivity index (χ0) is 21.5. The number of halogens is 6. The molecule has 0 aromatic rings. The zero-order valence-electron chi connectivity index (χ0n) is 22.6. The predicted molar refractivity (Wildman–Crippen MR) is 41.2 cm³/mol. The molecular weight excluding hydrogens is 647 g/mol. The Balaban J connectivity index is -0.00000000633. The van der Waals surface area contributed by atoms with Gasteiger partial charge < -0.3 is 86.2 Å². The Morgan fingerprint density at radius 2 is 0.194 bits per heavy atom. The Bertz CT molecular complexity index is 144. The fourth-order valence-corrected chi connectivity index (χ4v) is 0. The van der Waals surface area contributed by atoms with Crippen LogP contribution in [0.25, 0.3) is 0 Å². The molecule has 0 aromatic carbocycles. The second kappa shape index (κ2) is 111. The molecule has 0 saturated heterocycles. The van der Waals surface area contributed by atoms with Gasteiger partial charge in [0, 0.05) is 0 Å². The van der Waals surface area contributed by atoms with E-state index in [-0.39, 0.29) is 355 Å². The Kier molecular flexibility index (Phi) is 363. The van der Waals surface area contributed by atoms with Crippen molar-refractivity contribution in [3.8, 4) is 0 Å². The predicted octanol–water partition coefficient (Wildman–Crippen LogP) is -50.0. The fourth-order valence-electron chi connectivity index (χ4n) is 0. The third-order valence-corrected chi connectivity index (χ3v) is 0. The van der Waals surface area contributed by atoms with Crippen molar-refractivity contribution in [2.75, 3.05) is 0 Å². The normalized spacial score (nSPS) is 4.50. The molecule has 0 radical (unpaired) electrons. The van der Waals surface area contributed by atoms with E-state index >= 15 is 0 Å². The molecule has 12 nitrogen and oxygen atoms in total. The molecule has 0 aliphatic carbocycles. The van der Waals surface area contributed by atoms with Crippen LogP contribution in [0.4, 0.5) is 25.9 Å². The second-order valence-corrected chi connectivity index (χ2v) is 1.65. The number of rotatable bonds is 0. The van der Waals surface area contributed by atoms with Crippen molar-refractivity contribution < 1.29 is 441 Å². The summed E-state index contributed by atoms with van der Waals surface area (Å²) in [5.74, 6) is 0. The summed E-state index contributed by atoms with van der Waals surface area (Å²) < 4.78 is 59.3. The van der Waals surface area contributed by atoms with Crippen LogP contribution in [0.15, 0.2) is 0 Å². The average molecular weight is 647 g/mol. The standard InChI is InChI=1S/6BFO2.12Na/c6*2-1(3)4;;;;;;;;;;;;/q6*-2;12*+1. The van der Waals surface area contributed by atoms with Crippen LogP contribution in [0.1, 0.15) is 0 Å². The van der Waals surface area contributed by atoms with Crippen LogP contribution in [0.2, 0.25) is 0 Å². The van der Waals surface area contributed by atoms with E-state index < -0.39 is 44.4 Å². The van der Waals surface area contributed by atoms with Gasteiger partial charge in [-0.1, -0.05) is 0 Å². The first kappa shape index (κ1) is 118. The van der Waals surface area contributed by atoms with Gasteiger partial charge in [-0.05, 0) is 0 Å². The molecule has 0 atom stereocenters. The molecule has 0 N–H and O–H groups in total. The van der Waals surface area contributed by atoms with E-state index in [0.29, 0.717) is 0 Å². The van der Waals surface area contributed by atoms with E-state index in [0.717, 1.165) is 0 Å². The minimum Gasteiger partial charge on any atom is -0.867 e. The summed E-state index contributed by atoms with van der Waals surface area (Å²) in [4.78, 5) is 0. The minimum absolute atomic E-state index is 0. The summed E-state index contributed by atoms with van der Waals surface area (Å²) in [7, 11) is -19.0. The molecule has 36 heavy (non-hydrogen) atoms. The van der Waals surface area contributed by atoms with Crippen molar-refractivity contribution in [1.29, 1.82) is 0 Å². The van der Waals surface area contributed by atoms with Gasteiger partial charge in [-0.2, -0.15) is 0 Å². The molecule has 0 rings (SSSR count). The molecule has 0 aliphatic heterocycles. The van der Waals surface area contributed by atoms with Gasteiger partial charge in [0.25, 0.3) is 0 Å². The first-order chi connectivity index (χ1) is 10.4. The molecule has 0 saturated carbocycles. The third kappa shape index (κ3) is 682. The molecule has 0 aromatic heterocycles. The van der Waals surface area contributed by atoms with Gasteiger partial charge in [-0.3, -0.25) is 0 Å². The maximum Gasteiger partial charge on any atom is 1.00 e. The SMILES string of the molecule is [Na+].[Na+].[Na+].[Na+].[Na+].[Na+].[Na+].[Na+].[Na+].[Na+].[Na+].[Na+].[O-]B([O-])F.[O-]B([O-])F.[O-]B([O-])F.[O-]B([O-])F.[O-]B([O-])F.[O-]B([O-])F. The molecule has 0 unspecified atom stereocenters. The van der Waals surface area contributed by atoms with Crippen molar-refractivity contribution in [1.82, 2.24) is 0 Å². The molecular formula is B6F6Na12O12. The van der Waals surface area contributed by atoms with Gasteiger partial charge in [0.1, 0.15) is 44.4 Å². The van der Waals surface area contributed by atoms with Crippen LogP contribution >= 0.6 is 0 Å². The fraction of sp³-hybridized carbons (Fsp3) is 0. The van der Waals surface area contributed by atoms with Gasteiger partial charge in [-0.25, -0.2) is 0 Å². The van der Waals surface area contributed by atoms with Crippen LogP contribution < -0.4 is 415 Å². The van der Waals surface area contributed by atoms with E-state index in [4.69, 9.17) is 60.3 Å². The van der Waals surface area contributed by atoms with Gasteiger partial charge in [0.15, 0.2) is 0 Å². The largest absolute Gasteiger partial charge is 1.00 e. The van der Waals surface area contributed by atoms with Crippen LogP contribution in [-0.4, -0.2) is 44.4 Å². The number of hydrogen-bond acceptors (Lipinski definition) is 12. The van der Waals surface area contributed by atoms with Crippen molar-refractivity contribution in [3.05, 3.63) is 0 Å². The quantitative estimate of drug-likeness (QED) is 0.175. The molecule has 0 bridgehead atoms. The first-order valence-electron chi connectivity index (χ1n) is 4.14. The summed E-state index contributed by atoms with van der Waals surface area (Å²) in [6, 6.07) is 0. The Hall–Kier alpha value is 11.5. The minimum atomic E-state index is -3.17. The van der Waals surface area contributed by atoms with Crippen LogP contribution in [0, 0.1) is 0 Å². The Labute approximate surface area is 473 Å². The van der Waals surface area contributed by atoms with E-state index in [9.17, 15) is 25.9 Å². The summed E-state index contributed by atoms with van der Waals surface area (Å²) in [6.45, 7) is 0. The van der Waals surface area contributed by atoms with E-state index in [1.165, 1.54) is 0 Å². The van der Waals surface area contributed by atoms with E-state index in [1.54, 1.807) is 0 Å². The molecule has 36 heteroatoms. The van der Waals surface area contributed by atoms with Crippen molar-refractivity contribution >= 4 is 44.4 Å². The van der Waals surface area contributed by atoms with Crippen LogP contribution in [-0.2, 0) is 0 Å². The van der Waals surface area contributed by atoms with Gasteiger partial charge in [0.05, 0.1) is 0 Å². The van der Waals surface area contributed by atoms with E-state index in [2.05, 4.69) is 0 Å². The third-order valence-electron chi connectivity index (χ3n) is 0. The summed E-state index contributed by atoms with van der Waals surface area (Å²) in [5, 5.41) is 99.7. The summed E-state index contributed by atoms with van der Waals surface area (Å²) in [6.07, 6.45) is 0. The maximum absolute atomic E-state index is 9.89. The monoisotopic (exact) mass is 648 g/mol. The molecule has 0 heterocycles. The Morgan fingerprint density at radius 1 is 0.194 bits per heavy atom. The Morgan fingerprint density at radius 3 is 0.194 bits per heavy atom. The zero-order valence-corrected chi connectivity index (χ0v) is 46.6. The van der Waals surface area contributed by atoms with Gasteiger partial charge >= 0.3 is 355 Å². The van der Waals surface area contributed by atoms with Gasteiger partial charge in [0.2, 0.25) is 0 Å².